The summed E-state index contributed by atoms with van der Waals surface area (Å²) in [4.78, 5) is 10.9. The molecule has 0 aromatic rings. The van der Waals surface area contributed by atoms with Crippen molar-refractivity contribution < 1.29 is 40.6 Å². The van der Waals surface area contributed by atoms with Gasteiger partial charge in [-0.15, -0.1) is 0 Å². The minimum atomic E-state index is -5.69. The maximum Gasteiger partial charge on any atom is 0.410 e. The molecule has 0 saturated carbocycles. The van der Waals surface area contributed by atoms with E-state index in [9.17, 15) is 31.1 Å². The Bertz CT molecular complexity index is 452. The molecule has 0 aliphatic carbocycles. The second kappa shape index (κ2) is 3.90. The molecule has 0 aromatic heterocycles. The van der Waals surface area contributed by atoms with Crippen LogP contribution in [0.15, 0.2) is 12.2 Å². The molecule has 2 rings (SSSR count). The van der Waals surface area contributed by atoms with E-state index in [0.717, 1.165) is 19.1 Å². The molecule has 3 atom stereocenters. The van der Waals surface area contributed by atoms with Crippen LogP contribution in [0, 0.1) is 5.41 Å². The minimum Gasteiger partial charge on any atom is -0.458 e. The lowest BCUT2D eigenvalue weighted by atomic mass is 9.65. The van der Waals surface area contributed by atoms with Crippen LogP contribution < -0.4 is 0 Å². The Labute approximate surface area is 109 Å². The standard InChI is InChI=1S/C11H10F6O3/c1-5(18)19-7-6-3-4-8(2,20-6)9(7,10(12,13)14)11(15,16)17/h3-4,6-7H,1-2H3. The number of fused-ring (bicyclic) bond motifs is 2. The van der Waals surface area contributed by atoms with Crippen LogP contribution in [0.1, 0.15) is 13.8 Å². The fourth-order valence-electron chi connectivity index (χ4n) is 2.94. The van der Waals surface area contributed by atoms with Crippen LogP contribution in [0.3, 0.4) is 0 Å². The van der Waals surface area contributed by atoms with Crippen molar-refractivity contribution in [2.24, 2.45) is 5.41 Å². The van der Waals surface area contributed by atoms with E-state index < -0.39 is 41.5 Å². The number of carbonyl (C=O) groups is 1. The quantitative estimate of drug-likeness (QED) is 0.424. The number of carbonyl (C=O) groups excluding carboxylic acids is 1. The Kier molecular flexibility index (Phi) is 2.95. The fraction of sp³-hybridized carbons (Fsp3) is 0.727. The first-order valence-electron chi connectivity index (χ1n) is 5.55. The highest BCUT2D eigenvalue weighted by Gasteiger charge is 2.88. The molecular formula is C11H10F6O3. The Morgan fingerprint density at radius 2 is 1.70 bits per heavy atom. The maximum absolute atomic E-state index is 13.3. The van der Waals surface area contributed by atoms with Gasteiger partial charge in [-0.25, -0.2) is 0 Å². The number of hydrogen-bond donors (Lipinski definition) is 0. The molecule has 2 aliphatic heterocycles. The SMILES string of the molecule is CC(=O)OC1C2C=CC(C)(O2)C1(C(F)(F)F)C(F)(F)F. The Balaban J connectivity index is 2.68. The largest absolute Gasteiger partial charge is 0.458 e. The summed E-state index contributed by atoms with van der Waals surface area (Å²) in [6.07, 6.45) is -13.7. The van der Waals surface area contributed by atoms with Crippen molar-refractivity contribution in [1.82, 2.24) is 0 Å². The smallest absolute Gasteiger partial charge is 0.410 e. The maximum atomic E-state index is 13.3. The van der Waals surface area contributed by atoms with E-state index in [0.29, 0.717) is 6.92 Å². The van der Waals surface area contributed by atoms with Crippen LogP contribution in [0.5, 0.6) is 0 Å². The summed E-state index contributed by atoms with van der Waals surface area (Å²) < 4.78 is 88.9. The molecule has 0 aromatic carbocycles. The van der Waals surface area contributed by atoms with Crippen LogP contribution in [-0.4, -0.2) is 36.1 Å². The summed E-state index contributed by atoms with van der Waals surface area (Å²) in [5.41, 5.74) is -6.94. The van der Waals surface area contributed by atoms with Gasteiger partial charge < -0.3 is 9.47 Å². The molecule has 9 heteroatoms. The van der Waals surface area contributed by atoms with E-state index in [1.54, 1.807) is 0 Å². The van der Waals surface area contributed by atoms with Crippen LogP contribution >= 0.6 is 0 Å². The number of rotatable bonds is 1. The molecule has 3 nitrogen and oxygen atoms in total. The van der Waals surface area contributed by atoms with Gasteiger partial charge in [0.25, 0.3) is 0 Å². The van der Waals surface area contributed by atoms with Gasteiger partial charge >= 0.3 is 18.3 Å². The van der Waals surface area contributed by atoms with Gasteiger partial charge in [0, 0.05) is 6.92 Å². The first-order chi connectivity index (χ1) is 8.87. The van der Waals surface area contributed by atoms with Crippen LogP contribution in [0.25, 0.3) is 0 Å². The number of halogens is 6. The molecule has 114 valence electrons. The highest BCUT2D eigenvalue weighted by atomic mass is 19.4. The molecule has 1 saturated heterocycles. The van der Waals surface area contributed by atoms with Crippen molar-refractivity contribution in [3.63, 3.8) is 0 Å². The van der Waals surface area contributed by atoms with Gasteiger partial charge in [-0.1, -0.05) is 12.2 Å². The first-order valence-corrected chi connectivity index (χ1v) is 5.55. The molecule has 3 unspecified atom stereocenters. The summed E-state index contributed by atoms with van der Waals surface area (Å²) in [7, 11) is 0. The van der Waals surface area contributed by atoms with Crippen LogP contribution in [0.4, 0.5) is 26.3 Å². The molecule has 2 aliphatic rings. The normalized spacial score (nSPS) is 35.4. The molecule has 20 heavy (non-hydrogen) atoms. The summed E-state index contributed by atoms with van der Waals surface area (Å²) in [5, 5.41) is 0. The Morgan fingerprint density at radius 1 is 1.20 bits per heavy atom. The van der Waals surface area contributed by atoms with Crippen molar-refractivity contribution in [3.8, 4) is 0 Å². The molecule has 0 amide bonds. The van der Waals surface area contributed by atoms with E-state index in [2.05, 4.69) is 4.74 Å². The highest BCUT2D eigenvalue weighted by molar-refractivity contribution is 5.66. The van der Waals surface area contributed by atoms with Crippen molar-refractivity contribution in [2.75, 3.05) is 0 Å². The molecular weight excluding hydrogens is 294 g/mol. The molecule has 0 radical (unpaired) electrons. The van der Waals surface area contributed by atoms with E-state index in [-0.39, 0.29) is 0 Å². The number of ether oxygens (including phenoxy) is 2. The lowest BCUT2D eigenvalue weighted by Crippen LogP contribution is -2.67. The van der Waals surface area contributed by atoms with Crippen LogP contribution in [0.2, 0.25) is 0 Å². The first kappa shape index (κ1) is 15.1. The van der Waals surface area contributed by atoms with E-state index in [1.165, 1.54) is 0 Å². The zero-order valence-corrected chi connectivity index (χ0v) is 10.3. The van der Waals surface area contributed by atoms with Crippen molar-refractivity contribution in [1.29, 1.82) is 0 Å². The van der Waals surface area contributed by atoms with E-state index in [4.69, 9.17) is 4.74 Å². The van der Waals surface area contributed by atoms with Gasteiger partial charge in [-0.3, -0.25) is 4.79 Å². The summed E-state index contributed by atoms with van der Waals surface area (Å²) in [6, 6.07) is 0. The van der Waals surface area contributed by atoms with Crippen molar-refractivity contribution in [2.45, 2.75) is 44.0 Å². The summed E-state index contributed by atoms with van der Waals surface area (Å²) >= 11 is 0. The minimum absolute atomic E-state index is 0.688. The molecule has 0 N–H and O–H groups in total. The third-order valence-electron chi connectivity index (χ3n) is 3.68. The van der Waals surface area contributed by atoms with E-state index in [1.807, 2.05) is 0 Å². The van der Waals surface area contributed by atoms with Gasteiger partial charge in [-0.05, 0) is 6.92 Å². The van der Waals surface area contributed by atoms with Gasteiger partial charge in [-0.2, -0.15) is 26.3 Å². The average molecular weight is 304 g/mol. The average Bonchev–Trinajstić information content (AvgIpc) is 2.65. The van der Waals surface area contributed by atoms with Crippen LogP contribution in [-0.2, 0) is 14.3 Å². The van der Waals surface area contributed by atoms with Crippen molar-refractivity contribution in [3.05, 3.63) is 12.2 Å². The predicted molar refractivity (Wildman–Crippen MR) is 52.5 cm³/mol. The predicted octanol–water partition coefficient (Wildman–Crippen LogP) is 2.76. The third-order valence-corrected chi connectivity index (χ3v) is 3.68. The molecule has 2 heterocycles. The molecule has 0 spiro atoms. The Hall–Kier alpha value is -1.25. The van der Waals surface area contributed by atoms with Gasteiger partial charge in [0.2, 0.25) is 5.41 Å². The van der Waals surface area contributed by atoms with E-state index >= 15 is 0 Å². The van der Waals surface area contributed by atoms with Gasteiger partial charge in [0.1, 0.15) is 11.7 Å². The number of esters is 1. The van der Waals surface area contributed by atoms with Crippen molar-refractivity contribution >= 4 is 5.97 Å². The third kappa shape index (κ3) is 1.61. The topological polar surface area (TPSA) is 35.5 Å². The van der Waals surface area contributed by atoms with Gasteiger partial charge in [0.05, 0.1) is 0 Å². The number of alkyl halides is 6. The molecule has 2 bridgehead atoms. The fourth-order valence-corrected chi connectivity index (χ4v) is 2.94. The second-order valence-corrected chi connectivity index (χ2v) is 4.88. The number of hydrogen-bond acceptors (Lipinski definition) is 3. The Morgan fingerprint density at radius 3 is 2.10 bits per heavy atom. The zero-order chi connectivity index (χ0) is 15.6. The second-order valence-electron chi connectivity index (χ2n) is 4.88. The zero-order valence-electron chi connectivity index (χ0n) is 10.3. The lowest BCUT2D eigenvalue weighted by Gasteiger charge is -2.45. The van der Waals surface area contributed by atoms with Gasteiger partial charge in [0.15, 0.2) is 6.10 Å². The monoisotopic (exact) mass is 304 g/mol. The summed E-state index contributed by atoms with van der Waals surface area (Å²) in [5.74, 6) is -1.24. The lowest BCUT2D eigenvalue weighted by molar-refractivity contribution is -0.379. The highest BCUT2D eigenvalue weighted by Crippen LogP contribution is 2.67. The summed E-state index contributed by atoms with van der Waals surface area (Å²) in [6.45, 7) is 1.43. The molecule has 1 fully saturated rings.